The normalized spacial score (nSPS) is 19.0. The number of sulfone groups is 1. The molecule has 132 valence electrons. The second-order valence-electron chi connectivity index (χ2n) is 6.14. The highest BCUT2D eigenvalue weighted by Crippen LogP contribution is 2.19. The lowest BCUT2D eigenvalue weighted by Crippen LogP contribution is -2.43. The van der Waals surface area contributed by atoms with Gasteiger partial charge in [-0.1, -0.05) is 29.8 Å². The number of carbonyl (C=O) groups excluding carboxylic acids is 2. The Bertz CT molecular complexity index is 713. The first-order valence-corrected chi connectivity index (χ1v) is 9.75. The van der Waals surface area contributed by atoms with Gasteiger partial charge in [0.15, 0.2) is 9.84 Å². The van der Waals surface area contributed by atoms with Crippen molar-refractivity contribution in [2.75, 3.05) is 25.2 Å². The van der Waals surface area contributed by atoms with Gasteiger partial charge in [0.2, 0.25) is 5.91 Å². The highest BCUT2D eigenvalue weighted by atomic mass is 32.2. The summed E-state index contributed by atoms with van der Waals surface area (Å²) in [7, 11) is -1.81. The summed E-state index contributed by atoms with van der Waals surface area (Å²) in [6.07, 6.45) is 0.676. The summed E-state index contributed by atoms with van der Waals surface area (Å²) in [4.78, 5) is 25.6. The Morgan fingerprint density at radius 3 is 2.67 bits per heavy atom. The van der Waals surface area contributed by atoms with Crippen LogP contribution >= 0.6 is 0 Å². The van der Waals surface area contributed by atoms with Crippen LogP contribution in [0.15, 0.2) is 24.3 Å². The van der Waals surface area contributed by atoms with Crippen LogP contribution in [-0.2, 0) is 30.6 Å². The molecule has 6 nitrogen and oxygen atoms in total. The van der Waals surface area contributed by atoms with Gasteiger partial charge in [0.1, 0.15) is 0 Å². The van der Waals surface area contributed by atoms with Gasteiger partial charge in [-0.05, 0) is 18.9 Å². The predicted octanol–water partition coefficient (Wildman–Crippen LogP) is 1.12. The third-order valence-corrected chi connectivity index (χ3v) is 5.94. The zero-order chi connectivity index (χ0) is 17.7. The number of aryl methyl sites for hydroxylation is 1. The maximum absolute atomic E-state index is 12.7. The third-order valence-electron chi connectivity index (χ3n) is 4.19. The van der Waals surface area contributed by atoms with Crippen LogP contribution in [0.4, 0.5) is 0 Å². The van der Waals surface area contributed by atoms with Crippen molar-refractivity contribution in [3.05, 3.63) is 35.4 Å². The molecular formula is C17H23NO5S. The molecule has 1 fully saturated rings. The van der Waals surface area contributed by atoms with Crippen molar-refractivity contribution in [3.63, 3.8) is 0 Å². The molecule has 0 aromatic heterocycles. The van der Waals surface area contributed by atoms with Crippen molar-refractivity contribution in [1.82, 2.24) is 4.90 Å². The SMILES string of the molecule is COC(=O)CCN(C(=O)Cc1cccc(C)c1)[C@@H]1CCS(=O)(=O)C1. The molecule has 1 amide bonds. The van der Waals surface area contributed by atoms with E-state index in [1.54, 1.807) is 0 Å². The fraction of sp³-hybridized carbons (Fsp3) is 0.529. The molecule has 1 saturated heterocycles. The Balaban J connectivity index is 2.11. The van der Waals surface area contributed by atoms with E-state index in [1.165, 1.54) is 12.0 Å². The molecule has 7 heteroatoms. The molecule has 0 unspecified atom stereocenters. The molecule has 2 rings (SSSR count). The quantitative estimate of drug-likeness (QED) is 0.716. The Morgan fingerprint density at radius 1 is 1.33 bits per heavy atom. The second-order valence-corrected chi connectivity index (χ2v) is 8.36. The number of carbonyl (C=O) groups is 2. The van der Waals surface area contributed by atoms with E-state index in [0.29, 0.717) is 6.42 Å². The highest BCUT2D eigenvalue weighted by molar-refractivity contribution is 7.91. The van der Waals surface area contributed by atoms with Crippen LogP contribution < -0.4 is 0 Å². The van der Waals surface area contributed by atoms with Crippen LogP contribution in [0.25, 0.3) is 0 Å². The number of amides is 1. The van der Waals surface area contributed by atoms with Crippen LogP contribution in [0.5, 0.6) is 0 Å². The van der Waals surface area contributed by atoms with Gasteiger partial charge in [-0.25, -0.2) is 8.42 Å². The van der Waals surface area contributed by atoms with Crippen molar-refractivity contribution in [3.8, 4) is 0 Å². The molecule has 24 heavy (non-hydrogen) atoms. The smallest absolute Gasteiger partial charge is 0.307 e. The molecule has 1 heterocycles. The number of nitrogens with zero attached hydrogens (tertiary/aromatic N) is 1. The average molecular weight is 353 g/mol. The van der Waals surface area contributed by atoms with Gasteiger partial charge < -0.3 is 9.64 Å². The summed E-state index contributed by atoms with van der Waals surface area (Å²) >= 11 is 0. The van der Waals surface area contributed by atoms with Gasteiger partial charge in [0.25, 0.3) is 0 Å². The lowest BCUT2D eigenvalue weighted by molar-refractivity contribution is -0.142. The van der Waals surface area contributed by atoms with Crippen LogP contribution in [0.1, 0.15) is 24.0 Å². The number of rotatable bonds is 6. The van der Waals surface area contributed by atoms with Crippen LogP contribution in [0, 0.1) is 6.92 Å². The highest BCUT2D eigenvalue weighted by Gasteiger charge is 2.34. The first-order chi connectivity index (χ1) is 11.3. The fourth-order valence-electron chi connectivity index (χ4n) is 2.94. The lowest BCUT2D eigenvalue weighted by atomic mass is 10.1. The van der Waals surface area contributed by atoms with E-state index < -0.39 is 15.8 Å². The largest absolute Gasteiger partial charge is 0.469 e. The third kappa shape index (κ3) is 5.06. The summed E-state index contributed by atoms with van der Waals surface area (Å²) < 4.78 is 28.1. The number of esters is 1. The molecule has 1 aromatic carbocycles. The lowest BCUT2D eigenvalue weighted by Gasteiger charge is -2.28. The second kappa shape index (κ2) is 7.79. The topological polar surface area (TPSA) is 80.8 Å². The van der Waals surface area contributed by atoms with Gasteiger partial charge in [-0.3, -0.25) is 9.59 Å². The summed E-state index contributed by atoms with van der Waals surface area (Å²) in [5.74, 6) is -0.520. The fourth-order valence-corrected chi connectivity index (χ4v) is 4.67. The van der Waals surface area contributed by atoms with E-state index in [2.05, 4.69) is 4.74 Å². The molecule has 0 spiro atoms. The molecule has 0 N–H and O–H groups in total. The Labute approximate surface area is 142 Å². The molecule has 1 aliphatic heterocycles. The van der Waals surface area contributed by atoms with E-state index in [4.69, 9.17) is 0 Å². The minimum Gasteiger partial charge on any atom is -0.469 e. The van der Waals surface area contributed by atoms with E-state index in [1.807, 2.05) is 31.2 Å². The van der Waals surface area contributed by atoms with Gasteiger partial charge >= 0.3 is 5.97 Å². The van der Waals surface area contributed by atoms with E-state index in [9.17, 15) is 18.0 Å². The molecule has 1 aliphatic rings. The standard InChI is InChI=1S/C17H23NO5S/c1-13-4-3-5-14(10-13)11-16(19)18(8-6-17(20)23-2)15-7-9-24(21,22)12-15/h3-5,10,15H,6-9,11-12H2,1-2H3/t15-/m1/s1. The first kappa shape index (κ1) is 18.4. The number of hydrogen-bond donors (Lipinski definition) is 0. The first-order valence-electron chi connectivity index (χ1n) is 7.93. The van der Waals surface area contributed by atoms with Crippen molar-refractivity contribution < 1.29 is 22.7 Å². The van der Waals surface area contributed by atoms with E-state index >= 15 is 0 Å². The number of benzene rings is 1. The monoisotopic (exact) mass is 353 g/mol. The summed E-state index contributed by atoms with van der Waals surface area (Å²) in [6, 6.07) is 7.27. The van der Waals surface area contributed by atoms with Gasteiger partial charge in [0.05, 0.1) is 31.5 Å². The Morgan fingerprint density at radius 2 is 2.08 bits per heavy atom. The summed E-state index contributed by atoms with van der Waals surface area (Å²) in [5, 5.41) is 0. The van der Waals surface area contributed by atoms with Crippen molar-refractivity contribution in [2.45, 2.75) is 32.2 Å². The van der Waals surface area contributed by atoms with Crippen molar-refractivity contribution in [1.29, 1.82) is 0 Å². The van der Waals surface area contributed by atoms with Gasteiger partial charge in [-0.15, -0.1) is 0 Å². The molecule has 0 radical (unpaired) electrons. The zero-order valence-corrected chi connectivity index (χ0v) is 14.8. The van der Waals surface area contributed by atoms with E-state index in [0.717, 1.165) is 11.1 Å². The van der Waals surface area contributed by atoms with Crippen LogP contribution in [0.2, 0.25) is 0 Å². The minimum absolute atomic E-state index is 0.0340. The van der Waals surface area contributed by atoms with Gasteiger partial charge in [0, 0.05) is 12.6 Å². The summed E-state index contributed by atoms with van der Waals surface area (Å²) in [6.45, 7) is 2.13. The van der Waals surface area contributed by atoms with Crippen LogP contribution in [0.3, 0.4) is 0 Å². The number of methoxy groups -OCH3 is 1. The zero-order valence-electron chi connectivity index (χ0n) is 14.0. The molecule has 1 atom stereocenters. The van der Waals surface area contributed by atoms with E-state index in [-0.39, 0.29) is 42.8 Å². The summed E-state index contributed by atoms with van der Waals surface area (Å²) in [5.41, 5.74) is 1.94. The predicted molar refractivity (Wildman–Crippen MR) is 90.3 cm³/mol. The maximum Gasteiger partial charge on any atom is 0.307 e. The van der Waals surface area contributed by atoms with Crippen LogP contribution in [-0.4, -0.2) is 56.4 Å². The average Bonchev–Trinajstić information content (AvgIpc) is 2.87. The Kier molecular flexibility index (Phi) is 5.99. The molecular weight excluding hydrogens is 330 g/mol. The molecule has 0 saturated carbocycles. The number of hydrogen-bond acceptors (Lipinski definition) is 5. The maximum atomic E-state index is 12.7. The minimum atomic E-state index is -3.11. The Hall–Kier alpha value is -1.89. The molecule has 0 aliphatic carbocycles. The molecule has 1 aromatic rings. The van der Waals surface area contributed by atoms with Crippen molar-refractivity contribution >= 4 is 21.7 Å². The molecule has 0 bridgehead atoms. The number of ether oxygens (including phenoxy) is 1. The van der Waals surface area contributed by atoms with Crippen molar-refractivity contribution in [2.24, 2.45) is 0 Å². The van der Waals surface area contributed by atoms with Gasteiger partial charge in [-0.2, -0.15) is 0 Å².